The Kier molecular flexibility index (Phi) is 5.09. The Bertz CT molecular complexity index is 808. The third kappa shape index (κ3) is 4.40. The van der Waals surface area contributed by atoms with Crippen molar-refractivity contribution in [2.45, 2.75) is 23.9 Å². The van der Waals surface area contributed by atoms with Crippen LogP contribution in [0, 0.1) is 13.8 Å². The molecule has 1 aromatic carbocycles. The molecule has 23 heavy (non-hydrogen) atoms. The zero-order valence-electron chi connectivity index (χ0n) is 12.7. The van der Waals surface area contributed by atoms with E-state index in [9.17, 15) is 4.79 Å². The largest absolute Gasteiger partial charge is 0.296 e. The summed E-state index contributed by atoms with van der Waals surface area (Å²) in [5, 5.41) is 13.4. The van der Waals surface area contributed by atoms with E-state index < -0.39 is 0 Å². The second-order valence-electron chi connectivity index (χ2n) is 5.09. The molecule has 0 aliphatic heterocycles. The second kappa shape index (κ2) is 7.25. The van der Waals surface area contributed by atoms with Gasteiger partial charge in [0.25, 0.3) is 5.91 Å². The van der Waals surface area contributed by atoms with E-state index in [1.54, 1.807) is 11.8 Å². The lowest BCUT2D eigenvalue weighted by atomic mass is 10.2. The molecule has 3 rings (SSSR count). The van der Waals surface area contributed by atoms with Crippen molar-refractivity contribution in [3.8, 4) is 0 Å². The van der Waals surface area contributed by atoms with Gasteiger partial charge < -0.3 is 0 Å². The first-order valence-electron chi connectivity index (χ1n) is 6.98. The fourth-order valence-electron chi connectivity index (χ4n) is 1.86. The number of hydrogen-bond acceptors (Lipinski definition) is 6. The van der Waals surface area contributed by atoms with Crippen LogP contribution in [-0.4, -0.2) is 16.1 Å². The molecule has 0 bridgehead atoms. The molecule has 0 aliphatic carbocycles. The van der Waals surface area contributed by atoms with Crippen LogP contribution >= 0.6 is 34.4 Å². The van der Waals surface area contributed by atoms with E-state index in [2.05, 4.69) is 46.7 Å². The molecule has 3 aromatic rings. The summed E-state index contributed by atoms with van der Waals surface area (Å²) in [4.78, 5) is 12.8. The van der Waals surface area contributed by atoms with E-state index in [1.807, 2.05) is 18.4 Å². The molecule has 0 atom stereocenters. The van der Waals surface area contributed by atoms with E-state index in [1.165, 1.54) is 33.8 Å². The first kappa shape index (κ1) is 16.2. The lowest BCUT2D eigenvalue weighted by molar-refractivity contribution is 0.103. The van der Waals surface area contributed by atoms with Crippen LogP contribution in [0.1, 0.15) is 26.4 Å². The minimum absolute atomic E-state index is 0.130. The number of carbonyl (C=O) groups is 1. The molecule has 0 spiro atoms. The van der Waals surface area contributed by atoms with Crippen LogP contribution in [0.2, 0.25) is 0 Å². The second-order valence-corrected chi connectivity index (χ2v) is 8.20. The third-order valence-corrected chi connectivity index (χ3v) is 6.15. The van der Waals surface area contributed by atoms with Gasteiger partial charge in [-0.3, -0.25) is 10.1 Å². The van der Waals surface area contributed by atoms with Gasteiger partial charge in [-0.1, -0.05) is 52.9 Å². The molecule has 2 aromatic heterocycles. The molecule has 0 saturated heterocycles. The highest BCUT2D eigenvalue weighted by Gasteiger charge is 2.12. The minimum atomic E-state index is -0.130. The Balaban J connectivity index is 1.57. The molecule has 0 aliphatic rings. The predicted molar refractivity (Wildman–Crippen MR) is 97.7 cm³/mol. The van der Waals surface area contributed by atoms with E-state index >= 15 is 0 Å². The van der Waals surface area contributed by atoms with Gasteiger partial charge in [0.2, 0.25) is 5.13 Å². The number of benzene rings is 1. The molecule has 4 nitrogen and oxygen atoms in total. The highest BCUT2D eigenvalue weighted by Crippen LogP contribution is 2.28. The lowest BCUT2D eigenvalue weighted by Gasteiger charge is -1.99. The number of aryl methyl sites for hydroxylation is 2. The van der Waals surface area contributed by atoms with Crippen molar-refractivity contribution >= 4 is 45.5 Å². The van der Waals surface area contributed by atoms with Gasteiger partial charge >= 0.3 is 0 Å². The summed E-state index contributed by atoms with van der Waals surface area (Å²) in [5.41, 5.74) is 3.59. The topological polar surface area (TPSA) is 54.9 Å². The lowest BCUT2D eigenvalue weighted by Crippen LogP contribution is -2.09. The smallest absolute Gasteiger partial charge is 0.267 e. The first-order chi connectivity index (χ1) is 11.1. The van der Waals surface area contributed by atoms with Crippen LogP contribution in [0.25, 0.3) is 0 Å². The Hall–Kier alpha value is -1.70. The number of aromatic nitrogens is 2. The third-order valence-electron chi connectivity index (χ3n) is 3.06. The van der Waals surface area contributed by atoms with Gasteiger partial charge in [0.15, 0.2) is 4.34 Å². The van der Waals surface area contributed by atoms with Crippen molar-refractivity contribution in [2.24, 2.45) is 0 Å². The van der Waals surface area contributed by atoms with Gasteiger partial charge in [0.05, 0.1) is 4.88 Å². The maximum Gasteiger partial charge on any atom is 0.267 e. The van der Waals surface area contributed by atoms with Gasteiger partial charge in [-0.2, -0.15) is 0 Å². The summed E-state index contributed by atoms with van der Waals surface area (Å²) in [6.45, 7) is 4.05. The van der Waals surface area contributed by atoms with Crippen LogP contribution < -0.4 is 5.32 Å². The summed E-state index contributed by atoms with van der Waals surface area (Å²) in [6.07, 6.45) is 0. The van der Waals surface area contributed by atoms with Crippen LogP contribution in [0.5, 0.6) is 0 Å². The summed E-state index contributed by atoms with van der Waals surface area (Å²) < 4.78 is 0.850. The normalized spacial score (nSPS) is 10.7. The van der Waals surface area contributed by atoms with E-state index in [0.717, 1.165) is 15.7 Å². The standard InChI is InChI=1S/C16H15N3OS3/c1-10-3-5-12(6-4-10)9-22-16-19-18-15(23-16)17-14(20)13-7-11(2)8-21-13/h3-8H,9H2,1-2H3,(H,17,18,20). The first-order valence-corrected chi connectivity index (χ1v) is 9.66. The number of rotatable bonds is 5. The molecular weight excluding hydrogens is 346 g/mol. The molecule has 0 unspecified atom stereocenters. The SMILES string of the molecule is Cc1ccc(CSc2nnc(NC(=O)c3cc(C)cs3)s2)cc1. The highest BCUT2D eigenvalue weighted by atomic mass is 32.2. The Morgan fingerprint density at radius 2 is 1.96 bits per heavy atom. The zero-order chi connectivity index (χ0) is 16.2. The predicted octanol–water partition coefficient (Wildman–Crippen LogP) is 4.76. The van der Waals surface area contributed by atoms with Crippen LogP contribution in [0.3, 0.4) is 0 Å². The number of amides is 1. The van der Waals surface area contributed by atoms with Crippen molar-refractivity contribution in [3.05, 3.63) is 57.3 Å². The number of carbonyl (C=O) groups excluding carboxylic acids is 1. The monoisotopic (exact) mass is 361 g/mol. The Morgan fingerprint density at radius 3 is 2.65 bits per heavy atom. The average molecular weight is 362 g/mol. The highest BCUT2D eigenvalue weighted by molar-refractivity contribution is 8.00. The van der Waals surface area contributed by atoms with Crippen LogP contribution in [0.15, 0.2) is 40.1 Å². The van der Waals surface area contributed by atoms with Crippen molar-refractivity contribution in [1.29, 1.82) is 0 Å². The van der Waals surface area contributed by atoms with Gasteiger partial charge in [-0.25, -0.2) is 0 Å². The molecule has 0 radical (unpaired) electrons. The Morgan fingerprint density at radius 1 is 1.17 bits per heavy atom. The molecule has 118 valence electrons. The summed E-state index contributed by atoms with van der Waals surface area (Å²) in [7, 11) is 0. The average Bonchev–Trinajstić information content (AvgIpc) is 3.16. The minimum Gasteiger partial charge on any atom is -0.296 e. The maximum absolute atomic E-state index is 12.1. The summed E-state index contributed by atoms with van der Waals surface area (Å²) >= 11 is 4.45. The number of thioether (sulfide) groups is 1. The number of nitrogens with zero attached hydrogens (tertiary/aromatic N) is 2. The summed E-state index contributed by atoms with van der Waals surface area (Å²) in [5.74, 6) is 0.710. The van der Waals surface area contributed by atoms with Crippen molar-refractivity contribution in [2.75, 3.05) is 5.32 Å². The quantitative estimate of drug-likeness (QED) is 0.526. The number of thiophene rings is 1. The Labute approximate surface area is 147 Å². The van der Waals surface area contributed by atoms with E-state index in [4.69, 9.17) is 0 Å². The molecule has 0 fully saturated rings. The molecule has 2 heterocycles. The van der Waals surface area contributed by atoms with E-state index in [0.29, 0.717) is 10.0 Å². The molecular formula is C16H15N3OS3. The summed E-state index contributed by atoms with van der Waals surface area (Å²) in [6, 6.07) is 10.3. The molecule has 0 saturated carbocycles. The van der Waals surface area contributed by atoms with E-state index in [-0.39, 0.29) is 5.91 Å². The van der Waals surface area contributed by atoms with Crippen molar-refractivity contribution in [3.63, 3.8) is 0 Å². The van der Waals surface area contributed by atoms with Gasteiger partial charge in [0.1, 0.15) is 0 Å². The van der Waals surface area contributed by atoms with Gasteiger partial charge in [-0.15, -0.1) is 21.5 Å². The maximum atomic E-state index is 12.1. The van der Waals surface area contributed by atoms with Gasteiger partial charge in [0, 0.05) is 5.75 Å². The number of hydrogen-bond donors (Lipinski definition) is 1. The molecule has 1 amide bonds. The van der Waals surface area contributed by atoms with Crippen LogP contribution in [-0.2, 0) is 5.75 Å². The fourth-order valence-corrected chi connectivity index (χ4v) is 4.35. The fraction of sp³-hybridized carbons (Fsp3) is 0.188. The van der Waals surface area contributed by atoms with Crippen molar-refractivity contribution in [1.82, 2.24) is 10.2 Å². The molecule has 1 N–H and O–H groups in total. The van der Waals surface area contributed by atoms with Crippen LogP contribution in [0.4, 0.5) is 5.13 Å². The van der Waals surface area contributed by atoms with Gasteiger partial charge in [-0.05, 0) is 36.4 Å². The molecule has 7 heteroatoms. The number of anilines is 1. The van der Waals surface area contributed by atoms with Crippen molar-refractivity contribution < 1.29 is 4.79 Å². The zero-order valence-corrected chi connectivity index (χ0v) is 15.1. The number of nitrogens with one attached hydrogen (secondary N) is 1.